The summed E-state index contributed by atoms with van der Waals surface area (Å²) in [6.45, 7) is 3.91. The second-order valence-corrected chi connectivity index (χ2v) is 6.62. The van der Waals surface area contributed by atoms with Crippen molar-refractivity contribution >= 4 is 33.3 Å². The molecule has 2 N–H and O–H groups in total. The van der Waals surface area contributed by atoms with Gasteiger partial charge < -0.3 is 10.1 Å². The van der Waals surface area contributed by atoms with Crippen molar-refractivity contribution in [2.45, 2.75) is 46.0 Å². The highest BCUT2D eigenvalue weighted by Crippen LogP contribution is 2.34. The summed E-state index contributed by atoms with van der Waals surface area (Å²) in [6.07, 6.45) is 5.32. The van der Waals surface area contributed by atoms with E-state index in [0.717, 1.165) is 46.8 Å². The molecule has 0 atom stereocenters. The van der Waals surface area contributed by atoms with Gasteiger partial charge in [0.2, 0.25) is 0 Å². The number of para-hydroxylation sites is 2. The van der Waals surface area contributed by atoms with Crippen LogP contribution < -0.4 is 0 Å². The van der Waals surface area contributed by atoms with Gasteiger partial charge in [0.1, 0.15) is 0 Å². The van der Waals surface area contributed by atoms with Gasteiger partial charge in [-0.15, -0.1) is 0 Å². The molecule has 0 bridgehead atoms. The minimum Gasteiger partial charge on any atom is -0.478 e. The normalized spacial score (nSPS) is 12.6. The lowest BCUT2D eigenvalue weighted by Crippen LogP contribution is -2.02. The molecule has 1 heterocycles. The first-order valence-corrected chi connectivity index (χ1v) is 9.06. The van der Waals surface area contributed by atoms with Gasteiger partial charge in [-0.05, 0) is 31.4 Å². The number of nitrogens with one attached hydrogen (secondary N) is 1. The van der Waals surface area contributed by atoms with Crippen molar-refractivity contribution in [2.24, 2.45) is 0 Å². The number of hydrogen-bond donors (Lipinski definition) is 2. The molecule has 0 radical (unpaired) electrons. The molecule has 25 heavy (non-hydrogen) atoms. The largest absolute Gasteiger partial charge is 0.478 e. The molecule has 0 aliphatic rings. The molecule has 0 spiro atoms. The summed E-state index contributed by atoms with van der Waals surface area (Å²) >= 11 is 0. The van der Waals surface area contributed by atoms with E-state index >= 15 is 0 Å². The first-order chi connectivity index (χ1) is 12.1. The van der Waals surface area contributed by atoms with Crippen LogP contribution in [0, 0.1) is 0 Å². The number of carboxylic acid groups (broad SMARTS) is 1. The quantitative estimate of drug-likeness (QED) is 0.402. The predicted octanol–water partition coefficient (Wildman–Crippen LogP) is 6.15. The van der Waals surface area contributed by atoms with Gasteiger partial charge in [0, 0.05) is 27.4 Å². The molecule has 3 heteroatoms. The van der Waals surface area contributed by atoms with Crippen LogP contribution in [0.2, 0.25) is 0 Å². The van der Waals surface area contributed by atoms with Gasteiger partial charge in [0.05, 0.1) is 5.52 Å². The maximum Gasteiger partial charge on any atom is 0.331 e. The average molecular weight is 335 g/mol. The first kappa shape index (κ1) is 17.3. The summed E-state index contributed by atoms with van der Waals surface area (Å²) < 4.78 is 0. The number of benzene rings is 2. The topological polar surface area (TPSA) is 53.1 Å². The molecule has 130 valence electrons. The molecule has 0 aliphatic heterocycles. The summed E-state index contributed by atoms with van der Waals surface area (Å²) in [5.74, 6) is -0.835. The van der Waals surface area contributed by atoms with Crippen molar-refractivity contribution in [2.75, 3.05) is 0 Å². The number of hydrogen-bond acceptors (Lipinski definition) is 1. The van der Waals surface area contributed by atoms with Crippen molar-refractivity contribution in [1.29, 1.82) is 0 Å². The van der Waals surface area contributed by atoms with Crippen LogP contribution in [-0.4, -0.2) is 16.1 Å². The highest BCUT2D eigenvalue weighted by Gasteiger charge is 2.16. The maximum absolute atomic E-state index is 11.6. The minimum absolute atomic E-state index is 0.447. The van der Waals surface area contributed by atoms with Crippen molar-refractivity contribution in [3.63, 3.8) is 0 Å². The Morgan fingerprint density at radius 2 is 1.76 bits per heavy atom. The van der Waals surface area contributed by atoms with Gasteiger partial charge >= 0.3 is 5.97 Å². The van der Waals surface area contributed by atoms with E-state index in [9.17, 15) is 9.90 Å². The second-order valence-electron chi connectivity index (χ2n) is 6.62. The van der Waals surface area contributed by atoms with Gasteiger partial charge in [0.15, 0.2) is 0 Å². The minimum atomic E-state index is -0.835. The number of carboxylic acids is 1. The number of aromatic amines is 1. The molecule has 0 unspecified atom stereocenters. The van der Waals surface area contributed by atoms with Crippen molar-refractivity contribution in [3.8, 4) is 0 Å². The molecule has 1 aromatic heterocycles. The van der Waals surface area contributed by atoms with Crippen molar-refractivity contribution < 1.29 is 9.90 Å². The summed E-state index contributed by atoms with van der Waals surface area (Å²) in [6, 6.07) is 14.4. The molecule has 3 nitrogen and oxygen atoms in total. The van der Waals surface area contributed by atoms with Gasteiger partial charge in [-0.1, -0.05) is 62.6 Å². The van der Waals surface area contributed by atoms with Crippen molar-refractivity contribution in [1.82, 2.24) is 4.98 Å². The van der Waals surface area contributed by atoms with Crippen molar-refractivity contribution in [3.05, 3.63) is 53.6 Å². The van der Waals surface area contributed by atoms with E-state index in [1.54, 1.807) is 6.92 Å². The number of H-pyrrole nitrogens is 1. The highest BCUT2D eigenvalue weighted by molar-refractivity contribution is 6.11. The van der Waals surface area contributed by atoms with Crippen LogP contribution in [0.25, 0.3) is 27.4 Å². The number of rotatable bonds is 7. The molecule has 0 amide bonds. The van der Waals surface area contributed by atoms with Gasteiger partial charge in [-0.3, -0.25) is 0 Å². The number of fused-ring (bicyclic) bond motifs is 3. The predicted molar refractivity (Wildman–Crippen MR) is 105 cm³/mol. The fourth-order valence-corrected chi connectivity index (χ4v) is 3.51. The smallest absolute Gasteiger partial charge is 0.331 e. The van der Waals surface area contributed by atoms with Crippen LogP contribution in [0.1, 0.15) is 51.5 Å². The van der Waals surface area contributed by atoms with Crippen LogP contribution in [0.4, 0.5) is 0 Å². The van der Waals surface area contributed by atoms with Crippen LogP contribution in [0.5, 0.6) is 0 Å². The number of carbonyl (C=O) groups is 1. The zero-order valence-electron chi connectivity index (χ0n) is 14.9. The van der Waals surface area contributed by atoms with Crippen LogP contribution in [0.3, 0.4) is 0 Å². The third-order valence-electron chi connectivity index (χ3n) is 4.92. The number of aromatic nitrogens is 1. The molecule has 3 rings (SSSR count). The lowest BCUT2D eigenvalue weighted by Gasteiger charge is -2.12. The Labute approximate surface area is 148 Å². The Hall–Kier alpha value is -2.55. The summed E-state index contributed by atoms with van der Waals surface area (Å²) in [5, 5.41) is 11.9. The molecule has 2 aromatic carbocycles. The fraction of sp³-hybridized carbons (Fsp3) is 0.318. The van der Waals surface area contributed by atoms with E-state index in [1.165, 1.54) is 18.2 Å². The SMILES string of the molecule is CCCCCC/C(=C(/C)C(=O)O)c1cccc2c1[nH]c1ccccc12. The number of allylic oxidation sites excluding steroid dienone is 1. The van der Waals surface area contributed by atoms with Gasteiger partial charge in [0.25, 0.3) is 0 Å². The number of unbranched alkanes of at least 4 members (excludes halogenated alkanes) is 3. The van der Waals surface area contributed by atoms with E-state index in [2.05, 4.69) is 30.1 Å². The zero-order valence-corrected chi connectivity index (χ0v) is 14.9. The Morgan fingerprint density at radius 3 is 2.52 bits per heavy atom. The van der Waals surface area contributed by atoms with Crippen LogP contribution >= 0.6 is 0 Å². The third-order valence-corrected chi connectivity index (χ3v) is 4.92. The maximum atomic E-state index is 11.6. The summed E-state index contributed by atoms with van der Waals surface area (Å²) in [5.41, 5.74) is 4.53. The Morgan fingerprint density at radius 1 is 1.00 bits per heavy atom. The zero-order chi connectivity index (χ0) is 17.8. The standard InChI is InChI=1S/C22H25NO2/c1-3-4-5-6-10-16(15(2)22(24)25)18-12-9-13-19-17-11-7-8-14-20(17)23-21(18)19/h7-9,11-14,23H,3-6,10H2,1-2H3,(H,24,25)/b16-15+. The molecule has 0 aliphatic carbocycles. The van der Waals surface area contributed by atoms with E-state index in [0.29, 0.717) is 5.57 Å². The van der Waals surface area contributed by atoms with E-state index < -0.39 is 5.97 Å². The summed E-state index contributed by atoms with van der Waals surface area (Å²) in [7, 11) is 0. The molecule has 0 saturated heterocycles. The number of aliphatic carboxylic acids is 1. The molecular weight excluding hydrogens is 310 g/mol. The lowest BCUT2D eigenvalue weighted by molar-refractivity contribution is -0.132. The van der Waals surface area contributed by atoms with Crippen LogP contribution in [0.15, 0.2) is 48.0 Å². The summed E-state index contributed by atoms with van der Waals surface area (Å²) in [4.78, 5) is 15.1. The first-order valence-electron chi connectivity index (χ1n) is 9.06. The Bertz CT molecular complexity index is 934. The van der Waals surface area contributed by atoms with Gasteiger partial charge in [-0.25, -0.2) is 4.79 Å². The fourth-order valence-electron chi connectivity index (χ4n) is 3.51. The van der Waals surface area contributed by atoms with Crippen LogP contribution in [-0.2, 0) is 4.79 Å². The Kier molecular flexibility index (Phi) is 5.22. The third kappa shape index (κ3) is 3.46. The average Bonchev–Trinajstić information content (AvgIpc) is 3.00. The van der Waals surface area contributed by atoms with Gasteiger partial charge in [-0.2, -0.15) is 0 Å². The lowest BCUT2D eigenvalue weighted by atomic mass is 9.93. The highest BCUT2D eigenvalue weighted by atomic mass is 16.4. The van der Waals surface area contributed by atoms with E-state index in [4.69, 9.17) is 0 Å². The second kappa shape index (κ2) is 7.56. The molecule has 0 fully saturated rings. The molecular formula is C22H25NO2. The molecule has 0 saturated carbocycles. The Balaban J connectivity index is 2.12. The van der Waals surface area contributed by atoms with E-state index in [-0.39, 0.29) is 0 Å². The monoisotopic (exact) mass is 335 g/mol. The molecule has 3 aromatic rings. The van der Waals surface area contributed by atoms with E-state index in [1.807, 2.05) is 24.3 Å².